The number of benzene rings is 1. The van der Waals surface area contributed by atoms with Crippen LogP contribution in [0, 0.1) is 6.92 Å². The van der Waals surface area contributed by atoms with Gasteiger partial charge < -0.3 is 15.4 Å². The van der Waals surface area contributed by atoms with E-state index in [4.69, 9.17) is 4.74 Å². The van der Waals surface area contributed by atoms with Gasteiger partial charge in [0.25, 0.3) is 5.91 Å². The van der Waals surface area contributed by atoms with Crippen LogP contribution in [0.3, 0.4) is 0 Å². The molecule has 1 aromatic rings. The third kappa shape index (κ3) is 6.46. The molecule has 2 rings (SSSR count). The van der Waals surface area contributed by atoms with Gasteiger partial charge in [0.1, 0.15) is 5.75 Å². The third-order valence-electron chi connectivity index (χ3n) is 4.74. The smallest absolute Gasteiger partial charge is 0.261 e. The predicted molar refractivity (Wildman–Crippen MR) is 116 cm³/mol. The molecular formula is C23H33N3O3. The van der Waals surface area contributed by atoms with Crippen molar-refractivity contribution < 1.29 is 14.3 Å². The Bertz CT molecular complexity index is 779. The van der Waals surface area contributed by atoms with Crippen molar-refractivity contribution in [3.63, 3.8) is 0 Å². The van der Waals surface area contributed by atoms with Crippen LogP contribution in [0.2, 0.25) is 0 Å². The van der Waals surface area contributed by atoms with Crippen molar-refractivity contribution in [2.24, 2.45) is 0 Å². The number of ether oxygens (including phenoxy) is 1. The molecule has 0 saturated heterocycles. The van der Waals surface area contributed by atoms with Crippen LogP contribution in [-0.4, -0.2) is 42.1 Å². The second-order valence-corrected chi connectivity index (χ2v) is 8.52. The molecule has 2 amide bonds. The van der Waals surface area contributed by atoms with Crippen molar-refractivity contribution in [1.82, 2.24) is 16.0 Å². The molecule has 0 aliphatic carbocycles. The van der Waals surface area contributed by atoms with Crippen LogP contribution in [0.5, 0.6) is 5.75 Å². The fourth-order valence-corrected chi connectivity index (χ4v) is 3.51. The molecule has 0 saturated carbocycles. The van der Waals surface area contributed by atoms with Gasteiger partial charge in [-0.1, -0.05) is 29.8 Å². The summed E-state index contributed by atoms with van der Waals surface area (Å²) < 4.78 is 5.79. The van der Waals surface area contributed by atoms with E-state index in [9.17, 15) is 9.59 Å². The highest BCUT2D eigenvalue weighted by molar-refractivity contribution is 5.96. The number of hydrogen-bond acceptors (Lipinski definition) is 4. The maximum absolute atomic E-state index is 12.5. The van der Waals surface area contributed by atoms with Gasteiger partial charge >= 0.3 is 0 Å². The van der Waals surface area contributed by atoms with E-state index in [1.165, 1.54) is 0 Å². The lowest BCUT2D eigenvalue weighted by atomic mass is 9.96. The molecule has 1 atom stereocenters. The van der Waals surface area contributed by atoms with E-state index >= 15 is 0 Å². The first-order valence-corrected chi connectivity index (χ1v) is 9.97. The van der Waals surface area contributed by atoms with Gasteiger partial charge in [0, 0.05) is 36.2 Å². The summed E-state index contributed by atoms with van der Waals surface area (Å²) in [4.78, 5) is 25.0. The van der Waals surface area contributed by atoms with Crippen molar-refractivity contribution in [2.75, 3.05) is 13.1 Å². The molecule has 3 N–H and O–H groups in total. The van der Waals surface area contributed by atoms with Crippen molar-refractivity contribution >= 4 is 11.8 Å². The largest absolute Gasteiger partial charge is 0.480 e. The van der Waals surface area contributed by atoms with Gasteiger partial charge in [-0.3, -0.25) is 14.9 Å². The van der Waals surface area contributed by atoms with Gasteiger partial charge in [-0.15, -0.1) is 6.58 Å². The molecule has 29 heavy (non-hydrogen) atoms. The minimum absolute atomic E-state index is 0.124. The number of carbonyl (C=O) groups is 2. The summed E-state index contributed by atoms with van der Waals surface area (Å²) in [5, 5.41) is 9.11. The van der Waals surface area contributed by atoms with E-state index in [1.807, 2.05) is 65.0 Å². The fraction of sp³-hybridized carbons (Fsp3) is 0.478. The SMILES string of the molecule is C=CCC(Oc1ccc(C)cc1)C(=O)NCCNC(=O)C1=CC(C)(C)NC1(C)C. The van der Waals surface area contributed by atoms with Crippen LogP contribution in [0.1, 0.15) is 39.7 Å². The zero-order valence-electron chi connectivity index (χ0n) is 18.1. The number of rotatable bonds is 9. The van der Waals surface area contributed by atoms with E-state index in [-0.39, 0.29) is 17.4 Å². The van der Waals surface area contributed by atoms with Crippen LogP contribution in [0.15, 0.2) is 48.6 Å². The summed E-state index contributed by atoms with van der Waals surface area (Å²) in [5.41, 5.74) is 1.21. The highest BCUT2D eigenvalue weighted by atomic mass is 16.5. The summed E-state index contributed by atoms with van der Waals surface area (Å²) in [7, 11) is 0. The lowest BCUT2D eigenvalue weighted by Crippen LogP contribution is -2.48. The summed E-state index contributed by atoms with van der Waals surface area (Å²) in [6.07, 6.45) is 3.35. The molecule has 0 spiro atoms. The van der Waals surface area contributed by atoms with Gasteiger partial charge in [0.2, 0.25) is 5.91 Å². The summed E-state index contributed by atoms with van der Waals surface area (Å²) in [5.74, 6) is 0.278. The average Bonchev–Trinajstić information content (AvgIpc) is 2.87. The number of carbonyl (C=O) groups excluding carboxylic acids is 2. The number of hydrogen-bond donors (Lipinski definition) is 3. The lowest BCUT2D eigenvalue weighted by molar-refractivity contribution is -0.128. The van der Waals surface area contributed by atoms with Crippen molar-refractivity contribution in [2.45, 2.75) is 58.2 Å². The van der Waals surface area contributed by atoms with Gasteiger partial charge in [-0.2, -0.15) is 0 Å². The van der Waals surface area contributed by atoms with E-state index in [0.717, 1.165) is 5.56 Å². The van der Waals surface area contributed by atoms with E-state index < -0.39 is 11.6 Å². The van der Waals surface area contributed by atoms with Crippen LogP contribution < -0.4 is 20.7 Å². The maximum atomic E-state index is 12.5. The Balaban J connectivity index is 1.83. The van der Waals surface area contributed by atoms with E-state index in [0.29, 0.717) is 30.8 Å². The quantitative estimate of drug-likeness (QED) is 0.441. The first kappa shape index (κ1) is 22.7. The molecule has 1 heterocycles. The summed E-state index contributed by atoms with van der Waals surface area (Å²) in [6.45, 7) is 14.4. The predicted octanol–water partition coefficient (Wildman–Crippen LogP) is 2.64. The van der Waals surface area contributed by atoms with Gasteiger partial charge in [0.15, 0.2) is 6.10 Å². The van der Waals surface area contributed by atoms with Crippen molar-refractivity contribution in [3.8, 4) is 5.75 Å². The summed E-state index contributed by atoms with van der Waals surface area (Å²) in [6, 6.07) is 7.54. The molecule has 6 heteroatoms. The van der Waals surface area contributed by atoms with E-state index in [2.05, 4.69) is 22.5 Å². The van der Waals surface area contributed by atoms with Gasteiger partial charge in [-0.05, 0) is 46.8 Å². The molecular weight excluding hydrogens is 366 g/mol. The molecule has 1 unspecified atom stereocenters. The Kier molecular flexibility index (Phi) is 7.25. The zero-order valence-corrected chi connectivity index (χ0v) is 18.1. The normalized spacial score (nSPS) is 17.8. The molecule has 6 nitrogen and oxygen atoms in total. The third-order valence-corrected chi connectivity index (χ3v) is 4.74. The lowest BCUT2D eigenvalue weighted by Gasteiger charge is -2.27. The Morgan fingerprint density at radius 2 is 1.76 bits per heavy atom. The number of amides is 2. The minimum Gasteiger partial charge on any atom is -0.480 e. The minimum atomic E-state index is -0.660. The Labute approximate surface area is 173 Å². The first-order valence-electron chi connectivity index (χ1n) is 9.97. The monoisotopic (exact) mass is 399 g/mol. The standard InChI is InChI=1S/C23H33N3O3/c1-7-8-19(29-17-11-9-16(2)10-12-17)21(28)25-14-13-24-20(27)18-15-22(3,4)26-23(18,5)6/h7,9-12,15,19,26H,1,8,13-14H2,2-6H3,(H,24,27)(H,25,28). The molecule has 1 aliphatic rings. The van der Waals surface area contributed by atoms with Crippen LogP contribution >= 0.6 is 0 Å². The molecule has 0 fully saturated rings. The van der Waals surface area contributed by atoms with Crippen molar-refractivity contribution in [1.29, 1.82) is 0 Å². The fourth-order valence-electron chi connectivity index (χ4n) is 3.51. The molecule has 1 aromatic carbocycles. The molecule has 0 radical (unpaired) electrons. The first-order chi connectivity index (χ1) is 13.5. The van der Waals surface area contributed by atoms with Crippen LogP contribution in [-0.2, 0) is 9.59 Å². The number of nitrogens with one attached hydrogen (secondary N) is 3. The topological polar surface area (TPSA) is 79.5 Å². The molecule has 1 aliphatic heterocycles. The molecule has 0 aromatic heterocycles. The number of aryl methyl sites for hydroxylation is 1. The van der Waals surface area contributed by atoms with Crippen molar-refractivity contribution in [3.05, 3.63) is 54.1 Å². The summed E-state index contributed by atoms with van der Waals surface area (Å²) >= 11 is 0. The Hall–Kier alpha value is -2.60. The molecule has 158 valence electrons. The molecule has 0 bridgehead atoms. The van der Waals surface area contributed by atoms with Crippen LogP contribution in [0.4, 0.5) is 0 Å². The zero-order chi connectivity index (χ0) is 21.7. The Morgan fingerprint density at radius 1 is 1.14 bits per heavy atom. The van der Waals surface area contributed by atoms with E-state index in [1.54, 1.807) is 6.08 Å². The van der Waals surface area contributed by atoms with Gasteiger partial charge in [0.05, 0.1) is 0 Å². The Morgan fingerprint density at radius 3 is 2.31 bits per heavy atom. The van der Waals surface area contributed by atoms with Gasteiger partial charge in [-0.25, -0.2) is 0 Å². The van der Waals surface area contributed by atoms with Crippen LogP contribution in [0.25, 0.3) is 0 Å². The average molecular weight is 400 g/mol. The second-order valence-electron chi connectivity index (χ2n) is 8.52. The second kappa shape index (κ2) is 9.27. The highest BCUT2D eigenvalue weighted by Crippen LogP contribution is 2.29. The highest BCUT2D eigenvalue weighted by Gasteiger charge is 2.39. The maximum Gasteiger partial charge on any atom is 0.261 e.